The first-order valence-corrected chi connectivity index (χ1v) is 8.20. The van der Waals surface area contributed by atoms with Crippen LogP contribution >= 0.6 is 0 Å². The third-order valence-corrected chi connectivity index (χ3v) is 4.61. The van der Waals surface area contributed by atoms with E-state index in [4.69, 9.17) is 0 Å². The number of pyridine rings is 1. The largest absolute Gasteiger partial charge is 0.354 e. The van der Waals surface area contributed by atoms with Crippen molar-refractivity contribution in [3.05, 3.63) is 54.6 Å². The Morgan fingerprint density at radius 1 is 1.10 bits per heavy atom. The smallest absolute Gasteiger partial charge is 0.0270 e. The highest BCUT2D eigenvalue weighted by Gasteiger charge is 2.23. The van der Waals surface area contributed by atoms with E-state index in [2.05, 4.69) is 67.0 Å². The minimum atomic E-state index is 0.729. The third kappa shape index (κ3) is 4.73. The van der Waals surface area contributed by atoms with Crippen molar-refractivity contribution in [1.82, 2.24) is 9.55 Å². The van der Waals surface area contributed by atoms with Crippen molar-refractivity contribution < 1.29 is 0 Å². The predicted molar refractivity (Wildman–Crippen MR) is 89.1 cm³/mol. The van der Waals surface area contributed by atoms with Gasteiger partial charge in [0.1, 0.15) is 0 Å². The highest BCUT2D eigenvalue weighted by molar-refractivity contribution is 5.09. The van der Waals surface area contributed by atoms with Crippen LogP contribution in [0, 0.1) is 17.8 Å². The number of nitrogens with zero attached hydrogens (tertiary/aromatic N) is 2. The summed E-state index contributed by atoms with van der Waals surface area (Å²) in [6.07, 6.45) is 11.8. The van der Waals surface area contributed by atoms with Crippen molar-refractivity contribution in [2.24, 2.45) is 17.8 Å². The lowest BCUT2D eigenvalue weighted by Gasteiger charge is -2.30. The van der Waals surface area contributed by atoms with Gasteiger partial charge in [0.2, 0.25) is 0 Å². The summed E-state index contributed by atoms with van der Waals surface area (Å²) < 4.78 is 2.33. The fourth-order valence-electron chi connectivity index (χ4n) is 3.33. The van der Waals surface area contributed by atoms with Gasteiger partial charge in [0.05, 0.1) is 0 Å². The summed E-state index contributed by atoms with van der Waals surface area (Å²) >= 11 is 0. The Bertz CT molecular complexity index is 488. The van der Waals surface area contributed by atoms with E-state index in [1.807, 2.05) is 12.4 Å². The Labute approximate surface area is 129 Å². The summed E-state index contributed by atoms with van der Waals surface area (Å²) in [7, 11) is 0. The molecule has 2 unspecified atom stereocenters. The maximum absolute atomic E-state index is 4.11. The van der Waals surface area contributed by atoms with Gasteiger partial charge in [-0.2, -0.15) is 0 Å². The highest BCUT2D eigenvalue weighted by Crippen LogP contribution is 2.30. The van der Waals surface area contributed by atoms with Gasteiger partial charge in [0, 0.05) is 31.3 Å². The lowest BCUT2D eigenvalue weighted by atomic mass is 9.78. The summed E-state index contributed by atoms with van der Waals surface area (Å²) in [6, 6.07) is 8.52. The Kier molecular flexibility index (Phi) is 6.04. The summed E-state index contributed by atoms with van der Waals surface area (Å²) in [6.45, 7) is 8.21. The third-order valence-electron chi connectivity index (χ3n) is 4.61. The van der Waals surface area contributed by atoms with Gasteiger partial charge in [-0.25, -0.2) is 0 Å². The van der Waals surface area contributed by atoms with Crippen LogP contribution in [0.15, 0.2) is 49.1 Å². The van der Waals surface area contributed by atoms with Crippen LogP contribution < -0.4 is 0 Å². The van der Waals surface area contributed by atoms with Crippen molar-refractivity contribution in [3.63, 3.8) is 0 Å². The lowest BCUT2D eigenvalue weighted by molar-refractivity contribution is 0.207. The molecule has 2 heterocycles. The second kappa shape index (κ2) is 8.02. The molecule has 0 aliphatic rings. The molecule has 2 aromatic rings. The highest BCUT2D eigenvalue weighted by atomic mass is 14.9. The van der Waals surface area contributed by atoms with E-state index in [1.54, 1.807) is 0 Å². The SMILES string of the molecule is CCC(Cn1cccc1)C(CCc1ccncc1)C(C)C. The monoisotopic (exact) mass is 284 g/mol. The summed E-state index contributed by atoms with van der Waals surface area (Å²) in [5.74, 6) is 2.25. The van der Waals surface area contributed by atoms with Crippen molar-refractivity contribution in [3.8, 4) is 0 Å². The van der Waals surface area contributed by atoms with E-state index in [1.165, 1.54) is 18.4 Å². The first-order chi connectivity index (χ1) is 10.2. The lowest BCUT2D eigenvalue weighted by Crippen LogP contribution is -2.24. The average molecular weight is 284 g/mol. The van der Waals surface area contributed by atoms with Crippen LogP contribution in [0.3, 0.4) is 0 Å². The van der Waals surface area contributed by atoms with Crippen LogP contribution in [-0.4, -0.2) is 9.55 Å². The number of rotatable bonds is 8. The maximum atomic E-state index is 4.11. The van der Waals surface area contributed by atoms with Gasteiger partial charge in [-0.1, -0.05) is 27.2 Å². The molecule has 0 radical (unpaired) electrons. The van der Waals surface area contributed by atoms with Crippen molar-refractivity contribution in [1.29, 1.82) is 0 Å². The van der Waals surface area contributed by atoms with Gasteiger partial charge in [-0.05, 0) is 60.4 Å². The second-order valence-electron chi connectivity index (χ2n) is 6.35. The Balaban J connectivity index is 1.99. The topological polar surface area (TPSA) is 17.8 Å². The molecule has 0 aromatic carbocycles. The minimum Gasteiger partial charge on any atom is -0.354 e. The second-order valence-corrected chi connectivity index (χ2v) is 6.35. The molecule has 2 nitrogen and oxygen atoms in total. The fraction of sp³-hybridized carbons (Fsp3) is 0.526. The molecule has 2 heteroatoms. The van der Waals surface area contributed by atoms with Gasteiger partial charge < -0.3 is 4.57 Å². The minimum absolute atomic E-state index is 0.729. The number of aryl methyl sites for hydroxylation is 1. The molecule has 2 atom stereocenters. The van der Waals surface area contributed by atoms with E-state index in [9.17, 15) is 0 Å². The molecule has 0 saturated heterocycles. The van der Waals surface area contributed by atoms with Crippen molar-refractivity contribution in [2.45, 2.75) is 46.6 Å². The summed E-state index contributed by atoms with van der Waals surface area (Å²) in [4.78, 5) is 4.11. The molecule has 2 rings (SSSR count). The quantitative estimate of drug-likeness (QED) is 0.680. The molecular weight excluding hydrogens is 256 g/mol. The normalized spacial score (nSPS) is 14.3. The van der Waals surface area contributed by atoms with Gasteiger partial charge in [-0.15, -0.1) is 0 Å². The molecule has 0 aliphatic carbocycles. The van der Waals surface area contributed by atoms with E-state index in [0.29, 0.717) is 0 Å². The average Bonchev–Trinajstić information content (AvgIpc) is 3.00. The summed E-state index contributed by atoms with van der Waals surface area (Å²) in [5.41, 5.74) is 1.41. The molecule has 2 aromatic heterocycles. The zero-order chi connectivity index (χ0) is 15.1. The number of hydrogen-bond acceptors (Lipinski definition) is 1. The van der Waals surface area contributed by atoms with E-state index in [0.717, 1.165) is 30.7 Å². The van der Waals surface area contributed by atoms with Gasteiger partial charge in [-0.3, -0.25) is 4.98 Å². The van der Waals surface area contributed by atoms with Crippen LogP contribution in [0.5, 0.6) is 0 Å². The molecule has 0 fully saturated rings. The van der Waals surface area contributed by atoms with Crippen molar-refractivity contribution in [2.75, 3.05) is 0 Å². The molecule has 0 amide bonds. The number of aromatic nitrogens is 2. The molecular formula is C19H28N2. The first kappa shape index (κ1) is 15.8. The zero-order valence-corrected chi connectivity index (χ0v) is 13.6. The summed E-state index contributed by atoms with van der Waals surface area (Å²) in [5, 5.41) is 0. The molecule has 21 heavy (non-hydrogen) atoms. The Morgan fingerprint density at radius 3 is 2.33 bits per heavy atom. The molecule has 0 saturated carbocycles. The fourth-order valence-corrected chi connectivity index (χ4v) is 3.33. The number of hydrogen-bond donors (Lipinski definition) is 0. The van der Waals surface area contributed by atoms with Crippen molar-refractivity contribution >= 4 is 0 Å². The van der Waals surface area contributed by atoms with Gasteiger partial charge in [0.15, 0.2) is 0 Å². The van der Waals surface area contributed by atoms with E-state index >= 15 is 0 Å². The molecule has 0 bridgehead atoms. The molecule has 114 valence electrons. The van der Waals surface area contributed by atoms with Crippen LogP contribution in [-0.2, 0) is 13.0 Å². The Morgan fingerprint density at radius 2 is 1.76 bits per heavy atom. The zero-order valence-electron chi connectivity index (χ0n) is 13.6. The van der Waals surface area contributed by atoms with E-state index < -0.39 is 0 Å². The van der Waals surface area contributed by atoms with Crippen LogP contribution in [0.2, 0.25) is 0 Å². The van der Waals surface area contributed by atoms with Crippen LogP contribution in [0.25, 0.3) is 0 Å². The molecule has 0 aliphatic heterocycles. The van der Waals surface area contributed by atoms with Gasteiger partial charge >= 0.3 is 0 Å². The first-order valence-electron chi connectivity index (χ1n) is 8.20. The standard InChI is InChI=1S/C19H28N2/c1-4-18(15-21-13-5-6-14-21)19(16(2)3)8-7-17-9-11-20-12-10-17/h5-6,9-14,16,18-19H,4,7-8,15H2,1-3H3. The maximum Gasteiger partial charge on any atom is 0.0270 e. The van der Waals surface area contributed by atoms with Gasteiger partial charge in [0.25, 0.3) is 0 Å². The predicted octanol–water partition coefficient (Wildman–Crippen LogP) is 4.81. The molecule has 0 N–H and O–H groups in total. The Hall–Kier alpha value is -1.57. The van der Waals surface area contributed by atoms with Crippen LogP contribution in [0.1, 0.15) is 39.2 Å². The van der Waals surface area contributed by atoms with Crippen LogP contribution in [0.4, 0.5) is 0 Å². The molecule has 0 spiro atoms. The van der Waals surface area contributed by atoms with E-state index in [-0.39, 0.29) is 0 Å².